The van der Waals surface area contributed by atoms with Gasteiger partial charge in [-0.1, -0.05) is 6.07 Å². The van der Waals surface area contributed by atoms with Crippen LogP contribution in [0.15, 0.2) is 24.4 Å². The van der Waals surface area contributed by atoms with E-state index >= 15 is 0 Å². The number of nitrogens with one attached hydrogen (secondary N) is 1. The van der Waals surface area contributed by atoms with Crippen LogP contribution in [0.5, 0.6) is 5.75 Å². The zero-order valence-electron chi connectivity index (χ0n) is 10.4. The minimum Gasteiger partial charge on any atom is -0.361 e. The van der Waals surface area contributed by atoms with Gasteiger partial charge in [-0.25, -0.2) is 4.52 Å². The molecule has 2 N–H and O–H groups in total. The highest BCUT2D eigenvalue weighted by molar-refractivity contribution is 7.32. The second-order valence-corrected chi connectivity index (χ2v) is 5.03. The summed E-state index contributed by atoms with van der Waals surface area (Å²) in [5, 5.41) is 0.886. The average Bonchev–Trinajstić information content (AvgIpc) is 2.70. The van der Waals surface area contributed by atoms with Crippen molar-refractivity contribution in [2.45, 2.75) is 6.42 Å². The molecule has 2 aromatic rings. The lowest BCUT2D eigenvalue weighted by atomic mass is 10.1. The lowest BCUT2D eigenvalue weighted by molar-refractivity contribution is 0.410. The van der Waals surface area contributed by atoms with E-state index in [0.717, 1.165) is 29.4 Å². The summed E-state index contributed by atoms with van der Waals surface area (Å²) >= 11 is 0. The van der Waals surface area contributed by atoms with Crippen LogP contribution in [0.25, 0.3) is 10.9 Å². The van der Waals surface area contributed by atoms with Gasteiger partial charge in [0.25, 0.3) is 0 Å². The smallest absolute Gasteiger partial charge is 0.361 e. The summed E-state index contributed by atoms with van der Waals surface area (Å²) in [6.45, 7) is 0.909. The van der Waals surface area contributed by atoms with Crippen molar-refractivity contribution in [1.29, 1.82) is 0 Å². The van der Waals surface area contributed by atoms with E-state index in [1.165, 1.54) is 0 Å². The molecule has 0 saturated heterocycles. The zero-order chi connectivity index (χ0) is 13.1. The lowest BCUT2D eigenvalue weighted by Gasteiger charge is -2.08. The molecule has 0 spiro atoms. The van der Waals surface area contributed by atoms with Crippen LogP contribution < -0.4 is 4.52 Å². The van der Waals surface area contributed by atoms with Crippen LogP contribution in [-0.2, 0) is 11.0 Å². The number of H-pyrrole nitrogens is 1. The third-order valence-electron chi connectivity index (χ3n) is 2.75. The Labute approximate surface area is 106 Å². The predicted molar refractivity (Wildman–Crippen MR) is 71.0 cm³/mol. The molecule has 5 nitrogen and oxygen atoms in total. The number of likely N-dealkylation sites (N-methyl/N-ethyl adjacent to an activating group) is 1. The van der Waals surface area contributed by atoms with Gasteiger partial charge in [-0.3, -0.25) is 0 Å². The molecule has 6 heteroatoms. The quantitative estimate of drug-likeness (QED) is 0.816. The maximum absolute atomic E-state index is 10.8. The first-order valence-electron chi connectivity index (χ1n) is 5.65. The number of hydrogen-bond donors (Lipinski definition) is 2. The Morgan fingerprint density at radius 3 is 2.89 bits per heavy atom. The molecule has 1 atom stereocenters. The maximum Gasteiger partial charge on any atom is 0.747 e. The first-order valence-corrected chi connectivity index (χ1v) is 6.79. The van der Waals surface area contributed by atoms with Crippen LogP contribution >= 0.6 is 8.25 Å². The Kier molecular flexibility index (Phi) is 3.97. The maximum atomic E-state index is 10.8. The van der Waals surface area contributed by atoms with Crippen LogP contribution in [0.4, 0.5) is 0 Å². The van der Waals surface area contributed by atoms with Gasteiger partial charge in [0.15, 0.2) is 5.75 Å². The Bertz CT molecular complexity index is 565. The Hall–Kier alpha value is -1.42. The molecule has 0 aliphatic heterocycles. The minimum absolute atomic E-state index is 0.450. The normalized spacial score (nSPS) is 12.1. The molecule has 18 heavy (non-hydrogen) atoms. The summed E-state index contributed by atoms with van der Waals surface area (Å²) in [5.41, 5.74) is 2.00. The number of aromatic amines is 1. The Balaban J connectivity index is 2.38. The fraction of sp³-hybridized carbons (Fsp3) is 0.333. The summed E-state index contributed by atoms with van der Waals surface area (Å²) in [7, 11) is 1.38. The number of hydrogen-bond acceptors (Lipinski definition) is 3. The summed E-state index contributed by atoms with van der Waals surface area (Å²) in [5.74, 6) is 0.450. The van der Waals surface area contributed by atoms with Crippen molar-refractivity contribution in [3.8, 4) is 5.75 Å². The average molecular weight is 267 g/mol. The van der Waals surface area contributed by atoms with Crippen LogP contribution in [0, 0.1) is 0 Å². The van der Waals surface area contributed by atoms with E-state index in [1.807, 2.05) is 26.4 Å². The van der Waals surface area contributed by atoms with E-state index < -0.39 is 8.25 Å². The SMILES string of the molecule is CN(C)CCc1c[nH]c2cccc(O[P+](=O)O)c12. The molecule has 0 fully saturated rings. The summed E-state index contributed by atoms with van der Waals surface area (Å²) in [4.78, 5) is 14.1. The standard InChI is InChI=1S/C12H15N2O3P/c1-14(2)7-6-9-8-13-10-4-3-5-11(12(9)10)17-18(15)16/h3-5,8,13H,6-7H2,1-2H3/p+1. The van der Waals surface area contributed by atoms with Gasteiger partial charge in [0.05, 0.1) is 5.39 Å². The third kappa shape index (κ3) is 2.88. The van der Waals surface area contributed by atoms with Crippen LogP contribution in [0.1, 0.15) is 5.56 Å². The van der Waals surface area contributed by atoms with Gasteiger partial charge in [0, 0.05) is 22.8 Å². The van der Waals surface area contributed by atoms with E-state index in [0.29, 0.717) is 5.75 Å². The fourth-order valence-electron chi connectivity index (χ4n) is 1.92. The molecule has 1 aromatic heterocycles. The number of fused-ring (bicyclic) bond motifs is 1. The number of rotatable bonds is 5. The molecule has 1 heterocycles. The zero-order valence-corrected chi connectivity index (χ0v) is 11.3. The molecule has 0 radical (unpaired) electrons. The molecule has 1 unspecified atom stereocenters. The summed E-state index contributed by atoms with van der Waals surface area (Å²) in [6.07, 6.45) is 2.78. The van der Waals surface area contributed by atoms with Gasteiger partial charge in [0.2, 0.25) is 0 Å². The van der Waals surface area contributed by atoms with E-state index in [-0.39, 0.29) is 0 Å². The minimum atomic E-state index is -2.64. The summed E-state index contributed by atoms with van der Waals surface area (Å²) in [6, 6.07) is 5.42. The highest BCUT2D eigenvalue weighted by Crippen LogP contribution is 2.33. The molecule has 0 aliphatic rings. The van der Waals surface area contributed by atoms with Crippen molar-refractivity contribution in [1.82, 2.24) is 9.88 Å². The molecular weight excluding hydrogens is 251 g/mol. The fourth-order valence-corrected chi connectivity index (χ4v) is 2.24. The van der Waals surface area contributed by atoms with Gasteiger partial charge in [0.1, 0.15) is 0 Å². The van der Waals surface area contributed by atoms with Crippen molar-refractivity contribution in [3.05, 3.63) is 30.0 Å². The topological polar surface area (TPSA) is 65.6 Å². The first kappa shape index (κ1) is 13.0. The van der Waals surface area contributed by atoms with Gasteiger partial charge < -0.3 is 9.88 Å². The monoisotopic (exact) mass is 267 g/mol. The number of aromatic nitrogens is 1. The largest absolute Gasteiger partial charge is 0.747 e. The van der Waals surface area contributed by atoms with Crippen molar-refractivity contribution in [2.75, 3.05) is 20.6 Å². The van der Waals surface area contributed by atoms with Crippen molar-refractivity contribution >= 4 is 19.2 Å². The number of benzene rings is 1. The van der Waals surface area contributed by atoms with Crippen LogP contribution in [-0.4, -0.2) is 35.4 Å². The molecule has 1 aromatic carbocycles. The van der Waals surface area contributed by atoms with E-state index in [1.54, 1.807) is 12.1 Å². The molecule has 0 saturated carbocycles. The molecule has 0 bridgehead atoms. The molecule has 0 amide bonds. The van der Waals surface area contributed by atoms with Gasteiger partial charge >= 0.3 is 8.25 Å². The Morgan fingerprint density at radius 1 is 1.44 bits per heavy atom. The third-order valence-corrected chi connectivity index (χ3v) is 3.11. The Morgan fingerprint density at radius 2 is 2.22 bits per heavy atom. The van der Waals surface area contributed by atoms with Crippen molar-refractivity contribution in [3.63, 3.8) is 0 Å². The predicted octanol–water partition coefficient (Wildman–Crippen LogP) is 2.30. The van der Waals surface area contributed by atoms with Crippen LogP contribution in [0.2, 0.25) is 0 Å². The highest BCUT2D eigenvalue weighted by Gasteiger charge is 2.19. The van der Waals surface area contributed by atoms with Crippen molar-refractivity contribution < 1.29 is 14.0 Å². The van der Waals surface area contributed by atoms with Gasteiger partial charge in [-0.2, -0.15) is 0 Å². The second-order valence-electron chi connectivity index (χ2n) is 4.38. The highest BCUT2D eigenvalue weighted by atomic mass is 31.1. The van der Waals surface area contributed by atoms with E-state index in [2.05, 4.69) is 9.88 Å². The van der Waals surface area contributed by atoms with E-state index in [4.69, 9.17) is 9.42 Å². The molecule has 96 valence electrons. The van der Waals surface area contributed by atoms with Gasteiger partial charge in [-0.05, 0) is 38.2 Å². The molecule has 0 aliphatic carbocycles. The lowest BCUT2D eigenvalue weighted by Crippen LogP contribution is -2.14. The van der Waals surface area contributed by atoms with Crippen LogP contribution in [0.3, 0.4) is 0 Å². The second kappa shape index (κ2) is 5.48. The van der Waals surface area contributed by atoms with E-state index in [9.17, 15) is 4.57 Å². The number of nitrogens with zero attached hydrogens (tertiary/aromatic N) is 1. The molecular formula is C12H16N2O3P+. The first-order chi connectivity index (χ1) is 8.58. The molecule has 2 rings (SSSR count). The van der Waals surface area contributed by atoms with Gasteiger partial charge in [-0.15, -0.1) is 4.89 Å². The van der Waals surface area contributed by atoms with Crippen molar-refractivity contribution in [2.24, 2.45) is 0 Å². The summed E-state index contributed by atoms with van der Waals surface area (Å²) < 4.78 is 15.8.